The normalized spacial score (nSPS) is 11.0. The van der Waals surface area contributed by atoms with E-state index in [-0.39, 0.29) is 18.1 Å². The van der Waals surface area contributed by atoms with E-state index in [0.29, 0.717) is 17.1 Å². The fraction of sp³-hybridized carbons (Fsp3) is 0.0833. The topological polar surface area (TPSA) is 110 Å². The van der Waals surface area contributed by atoms with Crippen molar-refractivity contribution in [1.29, 1.82) is 0 Å². The lowest BCUT2D eigenvalue weighted by Gasteiger charge is -2.08. The van der Waals surface area contributed by atoms with Gasteiger partial charge >= 0.3 is 0 Å². The number of hydrogen-bond donors (Lipinski definition) is 2. The average Bonchev–Trinajstić information content (AvgIpc) is 3.26. The third-order valence-corrected chi connectivity index (χ3v) is 4.85. The molecule has 2 N–H and O–H groups in total. The van der Waals surface area contributed by atoms with E-state index < -0.39 is 4.92 Å². The summed E-state index contributed by atoms with van der Waals surface area (Å²) in [7, 11) is 0. The van der Waals surface area contributed by atoms with Crippen LogP contribution in [0, 0.1) is 17.0 Å². The third kappa shape index (κ3) is 4.65. The number of aryl methyl sites for hydroxylation is 1. The molecule has 0 aliphatic carbocycles. The number of benzene rings is 3. The van der Waals surface area contributed by atoms with E-state index in [1.165, 1.54) is 12.3 Å². The van der Waals surface area contributed by atoms with Crippen molar-refractivity contribution in [2.75, 3.05) is 11.9 Å². The Kier molecular flexibility index (Phi) is 5.94. The van der Waals surface area contributed by atoms with E-state index in [1.807, 2.05) is 42.5 Å². The number of nitrogens with zero attached hydrogens (tertiary/aromatic N) is 2. The molecular weight excluding hydrogens is 408 g/mol. The van der Waals surface area contributed by atoms with Crippen molar-refractivity contribution in [2.24, 2.45) is 5.10 Å². The van der Waals surface area contributed by atoms with Crippen LogP contribution < -0.4 is 10.7 Å². The molecule has 1 heterocycles. The molecule has 1 aromatic heterocycles. The van der Waals surface area contributed by atoms with E-state index in [9.17, 15) is 14.9 Å². The molecule has 0 aliphatic rings. The molecule has 4 aromatic rings. The summed E-state index contributed by atoms with van der Waals surface area (Å²) < 4.78 is 5.64. The maximum Gasteiger partial charge on any atom is 0.280 e. The summed E-state index contributed by atoms with van der Waals surface area (Å²) >= 11 is 0. The van der Waals surface area contributed by atoms with Crippen LogP contribution >= 0.6 is 0 Å². The van der Waals surface area contributed by atoms with Gasteiger partial charge in [-0.1, -0.05) is 42.5 Å². The van der Waals surface area contributed by atoms with E-state index in [4.69, 9.17) is 4.42 Å². The van der Waals surface area contributed by atoms with Crippen LogP contribution in [0.2, 0.25) is 0 Å². The first-order valence-electron chi connectivity index (χ1n) is 9.90. The van der Waals surface area contributed by atoms with Crippen molar-refractivity contribution in [2.45, 2.75) is 6.92 Å². The first kappa shape index (κ1) is 20.8. The zero-order chi connectivity index (χ0) is 22.5. The van der Waals surface area contributed by atoms with Crippen LogP contribution in [0.25, 0.3) is 22.1 Å². The Morgan fingerprint density at radius 2 is 1.91 bits per heavy atom. The highest BCUT2D eigenvalue weighted by Gasteiger charge is 2.18. The molecule has 0 fully saturated rings. The monoisotopic (exact) mass is 428 g/mol. The second-order valence-corrected chi connectivity index (χ2v) is 7.15. The van der Waals surface area contributed by atoms with Gasteiger partial charge in [0.1, 0.15) is 11.5 Å². The fourth-order valence-electron chi connectivity index (χ4n) is 3.33. The van der Waals surface area contributed by atoms with Crippen LogP contribution in [0.3, 0.4) is 0 Å². The highest BCUT2D eigenvalue weighted by Crippen LogP contribution is 2.31. The molecule has 3 aromatic carbocycles. The summed E-state index contributed by atoms with van der Waals surface area (Å²) in [6.45, 7) is 1.83. The number of hydrazone groups is 1. The van der Waals surface area contributed by atoms with Crippen LogP contribution in [0.4, 0.5) is 11.4 Å². The van der Waals surface area contributed by atoms with Crippen molar-refractivity contribution < 1.29 is 14.1 Å². The number of carbonyl (C=O) groups is 1. The lowest BCUT2D eigenvalue weighted by molar-refractivity contribution is -0.384. The van der Waals surface area contributed by atoms with Gasteiger partial charge in [-0.05, 0) is 42.1 Å². The molecule has 8 nitrogen and oxygen atoms in total. The number of nitro benzene ring substituents is 1. The Hall–Kier alpha value is -4.46. The van der Waals surface area contributed by atoms with Crippen LogP contribution in [0.15, 0.2) is 82.3 Å². The van der Waals surface area contributed by atoms with Gasteiger partial charge in [0.15, 0.2) is 0 Å². The standard InChI is InChI=1S/C24H20N4O4/c1-16-9-11-20(22(13-16)28(30)31)23-12-10-18(32-23)14-26-27-24(29)15-25-21-8-4-6-17-5-2-3-7-19(17)21/h2-14,25H,15H2,1H3,(H,27,29)/b26-14-. The molecule has 0 aliphatic heterocycles. The van der Waals surface area contributed by atoms with Crippen molar-refractivity contribution in [3.05, 3.63) is 94.2 Å². The smallest absolute Gasteiger partial charge is 0.280 e. The summed E-state index contributed by atoms with van der Waals surface area (Å²) in [5, 5.41) is 20.4. The molecule has 160 valence electrons. The van der Waals surface area contributed by atoms with Gasteiger partial charge in [-0.25, -0.2) is 5.43 Å². The minimum Gasteiger partial charge on any atom is -0.455 e. The molecule has 1 amide bonds. The number of fused-ring (bicyclic) bond motifs is 1. The number of carbonyl (C=O) groups excluding carboxylic acids is 1. The molecular formula is C24H20N4O4. The Labute approximate surface area is 183 Å². The molecule has 8 heteroatoms. The summed E-state index contributed by atoms with van der Waals surface area (Å²) in [5.41, 5.74) is 4.43. The quantitative estimate of drug-likeness (QED) is 0.248. The predicted molar refractivity (Wildman–Crippen MR) is 124 cm³/mol. The number of amides is 1. The molecule has 0 spiro atoms. The molecule has 0 atom stereocenters. The van der Waals surface area contributed by atoms with Gasteiger partial charge in [0.25, 0.3) is 11.6 Å². The van der Waals surface area contributed by atoms with Crippen LogP contribution in [-0.2, 0) is 4.79 Å². The maximum absolute atomic E-state index is 12.1. The van der Waals surface area contributed by atoms with Crippen molar-refractivity contribution in [1.82, 2.24) is 5.43 Å². The summed E-state index contributed by atoms with van der Waals surface area (Å²) in [5.74, 6) is 0.384. The van der Waals surface area contributed by atoms with E-state index >= 15 is 0 Å². The second kappa shape index (κ2) is 9.13. The van der Waals surface area contributed by atoms with Gasteiger partial charge in [0.05, 0.1) is 23.2 Å². The molecule has 0 unspecified atom stereocenters. The molecule has 0 bridgehead atoms. The number of furan rings is 1. The fourth-order valence-corrected chi connectivity index (χ4v) is 3.33. The maximum atomic E-state index is 12.1. The second-order valence-electron chi connectivity index (χ2n) is 7.15. The SMILES string of the molecule is Cc1ccc(-c2ccc(/C=N\NC(=O)CNc3cccc4ccccc34)o2)c([N+](=O)[O-])c1. The highest BCUT2D eigenvalue weighted by molar-refractivity contribution is 5.95. The zero-order valence-corrected chi connectivity index (χ0v) is 17.2. The predicted octanol–water partition coefficient (Wildman–Crippen LogP) is 4.88. The third-order valence-electron chi connectivity index (χ3n) is 4.85. The number of nitro groups is 1. The lowest BCUT2D eigenvalue weighted by atomic mass is 10.1. The number of nitrogens with one attached hydrogen (secondary N) is 2. The van der Waals surface area contributed by atoms with E-state index in [1.54, 1.807) is 31.2 Å². The number of hydrogen-bond acceptors (Lipinski definition) is 6. The Balaban J connectivity index is 1.37. The lowest BCUT2D eigenvalue weighted by Crippen LogP contribution is -2.25. The molecule has 0 radical (unpaired) electrons. The summed E-state index contributed by atoms with van der Waals surface area (Å²) in [6.07, 6.45) is 1.35. The van der Waals surface area contributed by atoms with Crippen LogP contribution in [0.5, 0.6) is 0 Å². The van der Waals surface area contributed by atoms with Gasteiger partial charge in [-0.15, -0.1) is 0 Å². The average molecular weight is 428 g/mol. The Morgan fingerprint density at radius 1 is 1.09 bits per heavy atom. The first-order valence-corrected chi connectivity index (χ1v) is 9.90. The first-order chi connectivity index (χ1) is 15.5. The van der Waals surface area contributed by atoms with E-state index in [2.05, 4.69) is 15.8 Å². The van der Waals surface area contributed by atoms with Crippen molar-refractivity contribution >= 4 is 34.3 Å². The molecule has 32 heavy (non-hydrogen) atoms. The zero-order valence-electron chi connectivity index (χ0n) is 17.2. The number of rotatable bonds is 7. The largest absolute Gasteiger partial charge is 0.455 e. The molecule has 4 rings (SSSR count). The van der Waals surface area contributed by atoms with Crippen LogP contribution in [-0.4, -0.2) is 23.6 Å². The van der Waals surface area contributed by atoms with Gasteiger partial charge in [0.2, 0.25) is 0 Å². The summed E-state index contributed by atoms with van der Waals surface area (Å²) in [4.78, 5) is 23.0. The molecule has 0 saturated carbocycles. The van der Waals surface area contributed by atoms with Crippen molar-refractivity contribution in [3.63, 3.8) is 0 Å². The van der Waals surface area contributed by atoms with Crippen molar-refractivity contribution in [3.8, 4) is 11.3 Å². The van der Waals surface area contributed by atoms with Gasteiger partial charge in [-0.3, -0.25) is 14.9 Å². The number of anilines is 1. The molecule has 0 saturated heterocycles. The van der Waals surface area contributed by atoms with Gasteiger partial charge in [0, 0.05) is 17.1 Å². The van der Waals surface area contributed by atoms with Crippen LogP contribution in [0.1, 0.15) is 11.3 Å². The Morgan fingerprint density at radius 3 is 2.75 bits per heavy atom. The minimum absolute atomic E-state index is 0.0318. The highest BCUT2D eigenvalue weighted by atomic mass is 16.6. The minimum atomic E-state index is -0.443. The Bertz CT molecular complexity index is 1320. The van der Waals surface area contributed by atoms with E-state index in [0.717, 1.165) is 22.0 Å². The van der Waals surface area contributed by atoms with Gasteiger partial charge in [-0.2, -0.15) is 5.10 Å². The van der Waals surface area contributed by atoms with Gasteiger partial charge < -0.3 is 9.73 Å². The summed E-state index contributed by atoms with van der Waals surface area (Å²) in [6, 6.07) is 21.9.